The number of amides is 3. The highest BCUT2D eigenvalue weighted by Gasteiger charge is 2.80. The summed E-state index contributed by atoms with van der Waals surface area (Å²) in [6.07, 6.45) is 4.99. The molecule has 3 heterocycles. The molecule has 3 aliphatic heterocycles. The van der Waals surface area contributed by atoms with Gasteiger partial charge in [0, 0.05) is 24.3 Å². The van der Waals surface area contributed by atoms with E-state index in [0.29, 0.717) is 37.3 Å². The molecule has 9 nitrogen and oxygen atoms in total. The molecule has 0 aliphatic carbocycles. The normalized spacial score (nSPS) is 29.0. The van der Waals surface area contributed by atoms with E-state index in [4.69, 9.17) is 9.47 Å². The second kappa shape index (κ2) is 13.4. The summed E-state index contributed by atoms with van der Waals surface area (Å²) in [5.41, 5.74) is -2.23. The molecule has 3 unspecified atom stereocenters. The maximum absolute atomic E-state index is 15.1. The van der Waals surface area contributed by atoms with Crippen LogP contribution in [0.4, 0.5) is 5.69 Å². The first-order chi connectivity index (χ1) is 22.0. The van der Waals surface area contributed by atoms with Crippen molar-refractivity contribution in [3.8, 4) is 5.75 Å². The first-order valence-corrected chi connectivity index (χ1v) is 17.2. The maximum Gasteiger partial charge on any atom is 0.249 e. The molecule has 3 saturated heterocycles. The summed E-state index contributed by atoms with van der Waals surface area (Å²) in [4.78, 5) is 49.9. The second-order valence-electron chi connectivity index (χ2n) is 15.6. The average Bonchev–Trinajstić information content (AvgIpc) is 3.50. The van der Waals surface area contributed by atoms with Gasteiger partial charge < -0.3 is 29.3 Å². The minimum atomic E-state index is -1.23. The van der Waals surface area contributed by atoms with E-state index in [1.54, 1.807) is 22.0 Å². The molecule has 2 bridgehead atoms. The van der Waals surface area contributed by atoms with E-state index in [9.17, 15) is 14.7 Å². The molecule has 1 aromatic rings. The molecule has 0 radical (unpaired) electrons. The standard InChI is InChI=1S/C38H57N3O6/c1-12-20-39(27-16-18-28(19-17-27)46-15-4)32(43)29-30-33(44)41(26(14-3)23-42)31(38(30)22-25(5)37(29,11)47-38)34(45)40(21-13-2)36(9,10)24-35(6,7)8/h12-13,16-19,25-26,29-31,42H,1-2,14-15,20-24H2,3-11H3/t25?,26-,29+,30-,31?,37-,38?/m0/s1. The molecule has 3 fully saturated rings. The Morgan fingerprint density at radius 1 is 1.11 bits per heavy atom. The molecule has 1 spiro atoms. The molecule has 0 aromatic heterocycles. The first kappa shape index (κ1) is 36.7. The Morgan fingerprint density at radius 2 is 1.72 bits per heavy atom. The van der Waals surface area contributed by atoms with Gasteiger partial charge in [-0.25, -0.2) is 0 Å². The number of anilines is 1. The molecule has 4 rings (SSSR count). The molecule has 9 heteroatoms. The summed E-state index contributed by atoms with van der Waals surface area (Å²) in [7, 11) is 0. The van der Waals surface area contributed by atoms with Crippen LogP contribution in [-0.2, 0) is 19.1 Å². The van der Waals surface area contributed by atoms with E-state index in [1.165, 1.54) is 0 Å². The predicted octanol–water partition coefficient (Wildman–Crippen LogP) is 5.62. The van der Waals surface area contributed by atoms with Gasteiger partial charge in [-0.05, 0) is 82.6 Å². The van der Waals surface area contributed by atoms with Crippen molar-refractivity contribution in [2.75, 3.05) is 31.2 Å². The third-order valence-corrected chi connectivity index (χ3v) is 10.6. The number of fused-ring (bicyclic) bond motifs is 1. The molecule has 0 saturated carbocycles. The van der Waals surface area contributed by atoms with Gasteiger partial charge in [-0.3, -0.25) is 14.4 Å². The minimum absolute atomic E-state index is 0.0798. The average molecular weight is 652 g/mol. The molecular formula is C38H57N3O6. The number of hydrogen-bond acceptors (Lipinski definition) is 6. The Bertz CT molecular complexity index is 1350. The molecule has 3 aliphatic rings. The van der Waals surface area contributed by atoms with Gasteiger partial charge in [-0.1, -0.05) is 46.8 Å². The second-order valence-corrected chi connectivity index (χ2v) is 15.6. The van der Waals surface area contributed by atoms with E-state index >= 15 is 4.79 Å². The number of rotatable bonds is 14. The summed E-state index contributed by atoms with van der Waals surface area (Å²) >= 11 is 0. The van der Waals surface area contributed by atoms with Crippen molar-refractivity contribution in [2.45, 2.75) is 110 Å². The van der Waals surface area contributed by atoms with Gasteiger partial charge in [-0.15, -0.1) is 13.2 Å². The van der Waals surface area contributed by atoms with Gasteiger partial charge in [0.1, 0.15) is 17.4 Å². The lowest BCUT2D eigenvalue weighted by Gasteiger charge is -2.46. The molecule has 260 valence electrons. The highest BCUT2D eigenvalue weighted by Crippen LogP contribution is 2.66. The molecule has 47 heavy (non-hydrogen) atoms. The fourth-order valence-electron chi connectivity index (χ4n) is 8.95. The molecule has 1 aromatic carbocycles. The fraction of sp³-hybridized carbons (Fsp3) is 0.658. The zero-order valence-electron chi connectivity index (χ0n) is 30.0. The minimum Gasteiger partial charge on any atom is -0.494 e. The van der Waals surface area contributed by atoms with Gasteiger partial charge in [0.05, 0.1) is 36.7 Å². The summed E-state index contributed by atoms with van der Waals surface area (Å²) in [5, 5.41) is 10.6. The molecule has 3 amide bonds. The highest BCUT2D eigenvalue weighted by atomic mass is 16.5. The Hall–Kier alpha value is -3.17. The summed E-state index contributed by atoms with van der Waals surface area (Å²) in [5.74, 6) is -1.96. The number of ether oxygens (including phenoxy) is 2. The van der Waals surface area contributed by atoms with Crippen LogP contribution in [0.3, 0.4) is 0 Å². The zero-order chi connectivity index (χ0) is 35.1. The number of likely N-dealkylation sites (tertiary alicyclic amines) is 1. The lowest BCUT2D eigenvalue weighted by molar-refractivity contribution is -0.159. The fourth-order valence-corrected chi connectivity index (χ4v) is 8.95. The summed E-state index contributed by atoms with van der Waals surface area (Å²) in [6, 6.07) is 5.70. The Balaban J connectivity index is 1.86. The van der Waals surface area contributed by atoms with Gasteiger partial charge in [-0.2, -0.15) is 0 Å². The quantitative estimate of drug-likeness (QED) is 0.263. The number of aliphatic hydroxyl groups excluding tert-OH is 1. The van der Waals surface area contributed by atoms with E-state index in [-0.39, 0.29) is 48.8 Å². The Labute approximate surface area is 281 Å². The smallest absolute Gasteiger partial charge is 0.249 e. The van der Waals surface area contributed by atoms with Crippen LogP contribution in [0.1, 0.15) is 81.6 Å². The summed E-state index contributed by atoms with van der Waals surface area (Å²) < 4.78 is 12.7. The van der Waals surface area contributed by atoms with Crippen molar-refractivity contribution >= 4 is 23.4 Å². The third kappa shape index (κ3) is 6.26. The predicted molar refractivity (Wildman–Crippen MR) is 185 cm³/mol. The van der Waals surface area contributed by atoms with Gasteiger partial charge in [0.15, 0.2) is 0 Å². The molecule has 7 atom stereocenters. The number of carbonyl (C=O) groups is 3. The van der Waals surface area contributed by atoms with Crippen LogP contribution in [0, 0.1) is 23.2 Å². The van der Waals surface area contributed by atoms with Crippen LogP contribution in [0.25, 0.3) is 0 Å². The van der Waals surface area contributed by atoms with Gasteiger partial charge in [0.2, 0.25) is 17.7 Å². The number of aliphatic hydroxyl groups is 1. The van der Waals surface area contributed by atoms with Crippen molar-refractivity contribution in [2.24, 2.45) is 23.2 Å². The van der Waals surface area contributed by atoms with Crippen LogP contribution in [0.15, 0.2) is 49.6 Å². The number of nitrogens with zero attached hydrogens (tertiary/aromatic N) is 3. The number of hydrogen-bond donors (Lipinski definition) is 1. The lowest BCUT2D eigenvalue weighted by atomic mass is 9.62. The van der Waals surface area contributed by atoms with Gasteiger partial charge in [0.25, 0.3) is 0 Å². The van der Waals surface area contributed by atoms with Crippen LogP contribution < -0.4 is 9.64 Å². The van der Waals surface area contributed by atoms with E-state index < -0.39 is 40.7 Å². The number of carbonyl (C=O) groups excluding carboxylic acids is 3. The monoisotopic (exact) mass is 651 g/mol. The Kier molecular flexibility index (Phi) is 10.4. The van der Waals surface area contributed by atoms with Crippen LogP contribution in [0.2, 0.25) is 0 Å². The van der Waals surface area contributed by atoms with Gasteiger partial charge >= 0.3 is 0 Å². The first-order valence-electron chi connectivity index (χ1n) is 17.2. The van der Waals surface area contributed by atoms with Crippen molar-refractivity contribution in [3.63, 3.8) is 0 Å². The van der Waals surface area contributed by atoms with Crippen molar-refractivity contribution in [1.82, 2.24) is 9.80 Å². The number of benzene rings is 1. The summed E-state index contributed by atoms with van der Waals surface area (Å²) in [6.45, 7) is 26.9. The lowest BCUT2D eigenvalue weighted by Crippen LogP contribution is -2.62. The highest BCUT2D eigenvalue weighted by molar-refractivity contribution is 6.03. The van der Waals surface area contributed by atoms with Crippen LogP contribution in [0.5, 0.6) is 5.75 Å². The van der Waals surface area contributed by atoms with Crippen molar-refractivity contribution in [3.05, 3.63) is 49.6 Å². The van der Waals surface area contributed by atoms with E-state index in [1.807, 2.05) is 70.7 Å². The Morgan fingerprint density at radius 3 is 2.23 bits per heavy atom. The molecular weight excluding hydrogens is 594 g/mol. The van der Waals surface area contributed by atoms with E-state index in [2.05, 4.69) is 33.9 Å². The van der Waals surface area contributed by atoms with Crippen molar-refractivity contribution in [1.29, 1.82) is 0 Å². The topological polar surface area (TPSA) is 99.6 Å². The zero-order valence-corrected chi connectivity index (χ0v) is 30.0. The third-order valence-electron chi connectivity index (χ3n) is 10.6. The van der Waals surface area contributed by atoms with Crippen LogP contribution in [-0.4, -0.2) is 87.8 Å². The maximum atomic E-state index is 15.1. The SMILES string of the molecule is C=CCN(C(=O)[C@H]1[C@H]2C(=O)N([C@@H](CC)CO)C(C(=O)N(CC=C)C(C)(C)CC(C)(C)C)C23CC(C)[C@]1(C)O3)c1ccc(OCC)cc1. The molecule has 1 N–H and O–H groups in total. The van der Waals surface area contributed by atoms with Crippen LogP contribution >= 0.6 is 0 Å². The largest absolute Gasteiger partial charge is 0.494 e. The van der Waals surface area contributed by atoms with E-state index in [0.717, 1.165) is 0 Å². The van der Waals surface area contributed by atoms with Crippen molar-refractivity contribution < 1.29 is 29.0 Å².